The van der Waals surface area contributed by atoms with E-state index >= 15 is 0 Å². The molecule has 0 bridgehead atoms. The van der Waals surface area contributed by atoms with Crippen molar-refractivity contribution >= 4 is 0 Å². The lowest BCUT2D eigenvalue weighted by Gasteiger charge is -2.31. The second-order valence-corrected chi connectivity index (χ2v) is 3.87. The highest BCUT2D eigenvalue weighted by Gasteiger charge is 2.21. The summed E-state index contributed by atoms with van der Waals surface area (Å²) in [7, 11) is 0. The van der Waals surface area contributed by atoms with Crippen molar-refractivity contribution in [3.8, 4) is 6.07 Å². The summed E-state index contributed by atoms with van der Waals surface area (Å²) in [5.41, 5.74) is 0.740. The van der Waals surface area contributed by atoms with Crippen LogP contribution in [0.15, 0.2) is 24.3 Å². The summed E-state index contributed by atoms with van der Waals surface area (Å²) in [4.78, 5) is 2.07. The van der Waals surface area contributed by atoms with Crippen molar-refractivity contribution in [3.63, 3.8) is 0 Å². The molecule has 1 aromatic rings. The van der Waals surface area contributed by atoms with E-state index in [0.717, 1.165) is 31.7 Å². The van der Waals surface area contributed by atoms with Crippen LogP contribution in [-0.4, -0.2) is 31.1 Å². The van der Waals surface area contributed by atoms with E-state index in [4.69, 9.17) is 0 Å². The maximum absolute atomic E-state index is 13.1. The van der Waals surface area contributed by atoms with Crippen LogP contribution in [-0.2, 0) is 0 Å². The van der Waals surface area contributed by atoms with Gasteiger partial charge in [0.15, 0.2) is 0 Å². The molecule has 0 spiro atoms. The first-order valence-electron chi connectivity index (χ1n) is 5.41. The van der Waals surface area contributed by atoms with Gasteiger partial charge < -0.3 is 5.32 Å². The molecule has 2 rings (SSSR count). The van der Waals surface area contributed by atoms with Gasteiger partial charge in [0.1, 0.15) is 11.9 Å². The number of benzene rings is 1. The van der Waals surface area contributed by atoms with E-state index in [2.05, 4.69) is 16.3 Å². The van der Waals surface area contributed by atoms with E-state index in [0.29, 0.717) is 0 Å². The zero-order chi connectivity index (χ0) is 11.4. The Labute approximate surface area is 94.5 Å². The summed E-state index contributed by atoms with van der Waals surface area (Å²) < 4.78 is 13.1. The number of nitriles is 1. The monoisotopic (exact) mass is 219 g/mol. The first-order valence-corrected chi connectivity index (χ1v) is 5.41. The van der Waals surface area contributed by atoms with Gasteiger partial charge in [0.25, 0.3) is 0 Å². The second kappa shape index (κ2) is 5.06. The molecule has 1 unspecified atom stereocenters. The number of hydrogen-bond acceptors (Lipinski definition) is 3. The van der Waals surface area contributed by atoms with Crippen LogP contribution in [0.3, 0.4) is 0 Å². The van der Waals surface area contributed by atoms with Gasteiger partial charge >= 0.3 is 0 Å². The van der Waals surface area contributed by atoms with E-state index in [-0.39, 0.29) is 11.9 Å². The zero-order valence-corrected chi connectivity index (χ0v) is 8.99. The highest BCUT2D eigenvalue weighted by molar-refractivity contribution is 5.25. The molecule has 1 aliphatic heterocycles. The molecule has 3 nitrogen and oxygen atoms in total. The molecule has 1 fully saturated rings. The van der Waals surface area contributed by atoms with Gasteiger partial charge in [-0.05, 0) is 17.7 Å². The Morgan fingerprint density at radius 3 is 2.75 bits per heavy atom. The van der Waals surface area contributed by atoms with Crippen LogP contribution in [0.2, 0.25) is 0 Å². The molecule has 84 valence electrons. The molecular weight excluding hydrogens is 205 g/mol. The van der Waals surface area contributed by atoms with Crippen molar-refractivity contribution in [1.82, 2.24) is 10.2 Å². The van der Waals surface area contributed by atoms with Crippen molar-refractivity contribution in [2.75, 3.05) is 26.2 Å². The minimum absolute atomic E-state index is 0.284. The SMILES string of the molecule is N#CC(c1cccc(F)c1)N1CCNCC1. The van der Waals surface area contributed by atoms with Crippen molar-refractivity contribution in [1.29, 1.82) is 5.26 Å². The summed E-state index contributed by atoms with van der Waals surface area (Å²) in [6.45, 7) is 3.42. The van der Waals surface area contributed by atoms with Gasteiger partial charge in [0.05, 0.1) is 6.07 Å². The van der Waals surface area contributed by atoms with Crippen molar-refractivity contribution in [2.45, 2.75) is 6.04 Å². The number of nitrogens with zero attached hydrogens (tertiary/aromatic N) is 2. The molecule has 0 saturated carbocycles. The van der Waals surface area contributed by atoms with E-state index < -0.39 is 0 Å². The number of nitrogens with one attached hydrogen (secondary N) is 1. The normalized spacial score (nSPS) is 19.0. The minimum Gasteiger partial charge on any atom is -0.314 e. The highest BCUT2D eigenvalue weighted by atomic mass is 19.1. The second-order valence-electron chi connectivity index (χ2n) is 3.87. The molecule has 1 aromatic carbocycles. The largest absolute Gasteiger partial charge is 0.314 e. The summed E-state index contributed by atoms with van der Waals surface area (Å²) in [5, 5.41) is 12.4. The summed E-state index contributed by atoms with van der Waals surface area (Å²) in [6.07, 6.45) is 0. The summed E-state index contributed by atoms with van der Waals surface area (Å²) in [5.74, 6) is -0.284. The predicted octanol–water partition coefficient (Wildman–Crippen LogP) is 1.30. The summed E-state index contributed by atoms with van der Waals surface area (Å²) >= 11 is 0. The van der Waals surface area contributed by atoms with Crippen LogP contribution < -0.4 is 5.32 Å². The molecule has 1 saturated heterocycles. The number of rotatable bonds is 2. The van der Waals surface area contributed by atoms with Gasteiger partial charge in [-0.25, -0.2) is 4.39 Å². The molecule has 1 N–H and O–H groups in total. The Kier molecular flexibility index (Phi) is 3.50. The van der Waals surface area contributed by atoms with Crippen LogP contribution in [0, 0.1) is 17.1 Å². The first-order chi connectivity index (χ1) is 7.81. The highest BCUT2D eigenvalue weighted by Crippen LogP contribution is 2.20. The Balaban J connectivity index is 2.18. The van der Waals surface area contributed by atoms with E-state index in [1.54, 1.807) is 12.1 Å². The molecule has 4 heteroatoms. The van der Waals surface area contributed by atoms with Crippen molar-refractivity contribution < 1.29 is 4.39 Å². The first kappa shape index (κ1) is 11.1. The van der Waals surface area contributed by atoms with Crippen LogP contribution in [0.25, 0.3) is 0 Å². The smallest absolute Gasteiger partial charge is 0.124 e. The number of halogens is 1. The Morgan fingerprint density at radius 1 is 1.38 bits per heavy atom. The lowest BCUT2D eigenvalue weighted by molar-refractivity contribution is 0.207. The average molecular weight is 219 g/mol. The third-order valence-electron chi connectivity index (χ3n) is 2.80. The van der Waals surface area contributed by atoms with Crippen LogP contribution in [0.4, 0.5) is 4.39 Å². The number of hydrogen-bond donors (Lipinski definition) is 1. The van der Waals surface area contributed by atoms with E-state index in [1.165, 1.54) is 12.1 Å². The third-order valence-corrected chi connectivity index (χ3v) is 2.80. The van der Waals surface area contributed by atoms with Gasteiger partial charge in [-0.3, -0.25) is 4.90 Å². The maximum Gasteiger partial charge on any atom is 0.124 e. The van der Waals surface area contributed by atoms with E-state index in [9.17, 15) is 9.65 Å². The Hall–Kier alpha value is -1.44. The van der Waals surface area contributed by atoms with Gasteiger partial charge in [-0.15, -0.1) is 0 Å². The molecule has 0 radical (unpaired) electrons. The van der Waals surface area contributed by atoms with Crippen LogP contribution in [0.5, 0.6) is 0 Å². The fourth-order valence-electron chi connectivity index (χ4n) is 1.98. The Morgan fingerprint density at radius 2 is 2.12 bits per heavy atom. The molecule has 0 aromatic heterocycles. The van der Waals surface area contributed by atoms with Gasteiger partial charge in [-0.2, -0.15) is 5.26 Å². The standard InChI is InChI=1S/C12H14FN3/c13-11-3-1-2-10(8-11)12(9-14)16-6-4-15-5-7-16/h1-3,8,12,15H,4-7H2. The van der Waals surface area contributed by atoms with Crippen LogP contribution in [0.1, 0.15) is 11.6 Å². The molecule has 0 aliphatic carbocycles. The van der Waals surface area contributed by atoms with Gasteiger partial charge in [0.2, 0.25) is 0 Å². The van der Waals surface area contributed by atoms with Crippen molar-refractivity contribution in [3.05, 3.63) is 35.6 Å². The molecule has 16 heavy (non-hydrogen) atoms. The third kappa shape index (κ3) is 2.38. The molecule has 1 heterocycles. The molecule has 1 atom stereocenters. The Bertz CT molecular complexity index is 393. The average Bonchev–Trinajstić information content (AvgIpc) is 2.31. The maximum atomic E-state index is 13.1. The van der Waals surface area contributed by atoms with Gasteiger partial charge in [-0.1, -0.05) is 12.1 Å². The fraction of sp³-hybridized carbons (Fsp3) is 0.417. The molecular formula is C12H14FN3. The van der Waals surface area contributed by atoms with E-state index in [1.807, 2.05) is 0 Å². The molecule has 1 aliphatic rings. The quantitative estimate of drug-likeness (QED) is 0.814. The predicted molar refractivity (Wildman–Crippen MR) is 59.2 cm³/mol. The lowest BCUT2D eigenvalue weighted by atomic mass is 10.1. The fourth-order valence-corrected chi connectivity index (χ4v) is 1.98. The molecule has 0 amide bonds. The van der Waals surface area contributed by atoms with Gasteiger partial charge in [0, 0.05) is 26.2 Å². The minimum atomic E-state index is -0.335. The summed E-state index contributed by atoms with van der Waals surface area (Å²) in [6, 6.07) is 8.20. The lowest BCUT2D eigenvalue weighted by Crippen LogP contribution is -2.44. The van der Waals surface area contributed by atoms with Crippen molar-refractivity contribution in [2.24, 2.45) is 0 Å². The number of piperazine rings is 1. The van der Waals surface area contributed by atoms with Crippen LogP contribution >= 0.6 is 0 Å². The zero-order valence-electron chi connectivity index (χ0n) is 8.99. The topological polar surface area (TPSA) is 39.1 Å².